The van der Waals surface area contributed by atoms with Crippen molar-refractivity contribution in [3.8, 4) is 0 Å². The molecule has 1 aliphatic rings. The number of allylic oxidation sites excluding steroid dienone is 2. The van der Waals surface area contributed by atoms with E-state index in [1.807, 2.05) is 0 Å². The van der Waals surface area contributed by atoms with Crippen molar-refractivity contribution in [2.24, 2.45) is 23.7 Å². The van der Waals surface area contributed by atoms with Gasteiger partial charge in [0.2, 0.25) is 0 Å². The molecule has 0 radical (unpaired) electrons. The summed E-state index contributed by atoms with van der Waals surface area (Å²) in [6.45, 7) is 9.54. The van der Waals surface area contributed by atoms with Crippen molar-refractivity contribution in [2.45, 2.75) is 59.8 Å². The van der Waals surface area contributed by atoms with Gasteiger partial charge in [-0.05, 0) is 49.4 Å². The van der Waals surface area contributed by atoms with Crippen LogP contribution in [0.3, 0.4) is 0 Å². The van der Waals surface area contributed by atoms with Crippen LogP contribution in [-0.4, -0.2) is 0 Å². The summed E-state index contributed by atoms with van der Waals surface area (Å²) in [4.78, 5) is 0. The molecule has 0 saturated carbocycles. The summed E-state index contributed by atoms with van der Waals surface area (Å²) in [6.07, 6.45) is 11.8. The van der Waals surface area contributed by atoms with Crippen molar-refractivity contribution < 1.29 is 0 Å². The molecule has 1 rings (SSSR count). The van der Waals surface area contributed by atoms with Gasteiger partial charge in [0.15, 0.2) is 0 Å². The smallest absolute Gasteiger partial charge is 0.0262 e. The molecule has 88 valence electrons. The third-order valence-corrected chi connectivity index (χ3v) is 3.97. The quantitative estimate of drug-likeness (QED) is 0.529. The van der Waals surface area contributed by atoms with E-state index < -0.39 is 0 Å². The molecule has 0 saturated heterocycles. The fraction of sp³-hybridized carbons (Fsp3) is 0.867. The maximum absolute atomic E-state index is 2.43. The molecule has 0 heteroatoms. The monoisotopic (exact) mass is 208 g/mol. The molecule has 15 heavy (non-hydrogen) atoms. The average molecular weight is 208 g/mol. The molecule has 0 unspecified atom stereocenters. The van der Waals surface area contributed by atoms with Gasteiger partial charge in [0.05, 0.1) is 0 Å². The lowest BCUT2D eigenvalue weighted by molar-refractivity contribution is 0.290. The molecule has 0 aromatic carbocycles. The molecule has 0 spiro atoms. The second-order valence-electron chi connectivity index (χ2n) is 5.91. The molecule has 0 fully saturated rings. The normalized spacial score (nSPS) is 34.3. The maximum Gasteiger partial charge on any atom is -0.0262 e. The first kappa shape index (κ1) is 12.8. The van der Waals surface area contributed by atoms with E-state index >= 15 is 0 Å². The highest BCUT2D eigenvalue weighted by Gasteiger charge is 2.16. The van der Waals surface area contributed by atoms with Crippen molar-refractivity contribution >= 4 is 0 Å². The van der Waals surface area contributed by atoms with Crippen molar-refractivity contribution in [2.75, 3.05) is 0 Å². The van der Waals surface area contributed by atoms with E-state index in [-0.39, 0.29) is 0 Å². The van der Waals surface area contributed by atoms with Gasteiger partial charge in [-0.3, -0.25) is 0 Å². The van der Waals surface area contributed by atoms with Gasteiger partial charge in [0.25, 0.3) is 0 Å². The van der Waals surface area contributed by atoms with E-state index in [2.05, 4.69) is 39.8 Å². The Labute approximate surface area is 96.2 Å². The predicted molar refractivity (Wildman–Crippen MR) is 68.9 cm³/mol. The molecule has 1 aliphatic carbocycles. The van der Waals surface area contributed by atoms with Crippen LogP contribution in [0, 0.1) is 23.7 Å². The lowest BCUT2D eigenvalue weighted by Gasteiger charge is -2.24. The second-order valence-corrected chi connectivity index (χ2v) is 5.91. The summed E-state index contributed by atoms with van der Waals surface area (Å²) in [7, 11) is 0. The summed E-state index contributed by atoms with van der Waals surface area (Å²) in [5.74, 6) is 3.50. The highest BCUT2D eigenvalue weighted by Crippen LogP contribution is 2.28. The van der Waals surface area contributed by atoms with Gasteiger partial charge in [-0.15, -0.1) is 0 Å². The molecule has 0 nitrogen and oxygen atoms in total. The van der Waals surface area contributed by atoms with Gasteiger partial charge in [0.1, 0.15) is 0 Å². The van der Waals surface area contributed by atoms with E-state index in [0.29, 0.717) is 0 Å². The van der Waals surface area contributed by atoms with Crippen LogP contribution in [0.25, 0.3) is 0 Å². The minimum Gasteiger partial charge on any atom is -0.0880 e. The average Bonchev–Trinajstić information content (AvgIpc) is 2.16. The Bertz CT molecular complexity index is 190. The molecule has 0 heterocycles. The lowest BCUT2D eigenvalue weighted by Crippen LogP contribution is -2.12. The van der Waals surface area contributed by atoms with Gasteiger partial charge in [-0.1, -0.05) is 46.3 Å². The van der Waals surface area contributed by atoms with Crippen LogP contribution in [0.4, 0.5) is 0 Å². The number of rotatable bonds is 1. The Balaban J connectivity index is 2.54. The first-order chi connectivity index (χ1) is 7.09. The van der Waals surface area contributed by atoms with E-state index in [4.69, 9.17) is 0 Å². The zero-order valence-electron chi connectivity index (χ0n) is 11.0. The topological polar surface area (TPSA) is 0 Å². The largest absolute Gasteiger partial charge is 0.0880 e. The zero-order chi connectivity index (χ0) is 11.3. The maximum atomic E-state index is 2.43. The molecule has 0 aliphatic heterocycles. The minimum atomic E-state index is 0.788. The number of hydrogen-bond donors (Lipinski definition) is 0. The van der Waals surface area contributed by atoms with E-state index in [0.717, 1.165) is 23.7 Å². The summed E-state index contributed by atoms with van der Waals surface area (Å²) < 4.78 is 0. The van der Waals surface area contributed by atoms with Crippen LogP contribution in [-0.2, 0) is 0 Å². The van der Waals surface area contributed by atoms with Crippen molar-refractivity contribution in [1.82, 2.24) is 0 Å². The molecular formula is C15H28. The first-order valence-corrected chi connectivity index (χ1v) is 6.76. The summed E-state index contributed by atoms with van der Waals surface area (Å²) >= 11 is 0. The van der Waals surface area contributed by atoms with Gasteiger partial charge >= 0.3 is 0 Å². The Kier molecular flexibility index (Phi) is 5.42. The molecule has 0 N–H and O–H groups in total. The SMILES string of the molecule is CC(C)[C@H]1CC[C@@H](C)CC=C[C@@H](C)CC1. The van der Waals surface area contributed by atoms with Gasteiger partial charge < -0.3 is 0 Å². The Morgan fingerprint density at radius 3 is 2.33 bits per heavy atom. The van der Waals surface area contributed by atoms with Crippen LogP contribution in [0.1, 0.15) is 59.8 Å². The Morgan fingerprint density at radius 2 is 1.67 bits per heavy atom. The first-order valence-electron chi connectivity index (χ1n) is 6.76. The molecule has 0 aromatic heterocycles. The van der Waals surface area contributed by atoms with Crippen LogP contribution in [0.15, 0.2) is 12.2 Å². The summed E-state index contributed by atoms with van der Waals surface area (Å²) in [5.41, 5.74) is 0. The standard InChI is InChI=1S/C15H28/c1-12(2)15-10-8-13(3)6-5-7-14(4)9-11-15/h5-6,12-15H,7-11H2,1-4H3/t13-,14+,15-/m1/s1. The van der Waals surface area contributed by atoms with Gasteiger partial charge in [-0.2, -0.15) is 0 Å². The van der Waals surface area contributed by atoms with Crippen molar-refractivity contribution in [1.29, 1.82) is 0 Å². The predicted octanol–water partition coefficient (Wildman–Crippen LogP) is 5.05. The Morgan fingerprint density at radius 1 is 1.00 bits per heavy atom. The van der Waals surface area contributed by atoms with Crippen LogP contribution in [0.2, 0.25) is 0 Å². The molecule has 0 bridgehead atoms. The molecule has 0 aromatic rings. The highest BCUT2D eigenvalue weighted by atomic mass is 14.2. The summed E-state index contributed by atoms with van der Waals surface area (Å²) in [6, 6.07) is 0. The van der Waals surface area contributed by atoms with E-state index in [1.54, 1.807) is 0 Å². The second kappa shape index (κ2) is 6.35. The minimum absolute atomic E-state index is 0.788. The fourth-order valence-electron chi connectivity index (χ4n) is 2.54. The summed E-state index contributed by atoms with van der Waals surface area (Å²) in [5, 5.41) is 0. The zero-order valence-corrected chi connectivity index (χ0v) is 11.0. The highest BCUT2D eigenvalue weighted by molar-refractivity contribution is 4.89. The van der Waals surface area contributed by atoms with E-state index in [9.17, 15) is 0 Å². The van der Waals surface area contributed by atoms with Gasteiger partial charge in [-0.25, -0.2) is 0 Å². The molecular weight excluding hydrogens is 180 g/mol. The Hall–Kier alpha value is -0.260. The van der Waals surface area contributed by atoms with E-state index in [1.165, 1.54) is 32.1 Å². The van der Waals surface area contributed by atoms with Crippen LogP contribution in [0.5, 0.6) is 0 Å². The number of hydrogen-bond acceptors (Lipinski definition) is 0. The molecule has 0 amide bonds. The van der Waals surface area contributed by atoms with Crippen LogP contribution < -0.4 is 0 Å². The molecule has 3 atom stereocenters. The third-order valence-electron chi connectivity index (χ3n) is 3.97. The fourth-order valence-corrected chi connectivity index (χ4v) is 2.54. The lowest BCUT2D eigenvalue weighted by atomic mass is 9.82. The van der Waals surface area contributed by atoms with Crippen LogP contribution >= 0.6 is 0 Å². The van der Waals surface area contributed by atoms with Crippen molar-refractivity contribution in [3.05, 3.63) is 12.2 Å². The van der Waals surface area contributed by atoms with Gasteiger partial charge in [0, 0.05) is 0 Å². The van der Waals surface area contributed by atoms with Crippen molar-refractivity contribution in [3.63, 3.8) is 0 Å². The third kappa shape index (κ3) is 4.86.